The fourth-order valence-corrected chi connectivity index (χ4v) is 4.09. The lowest BCUT2D eigenvalue weighted by molar-refractivity contribution is 0.0486. The summed E-state index contributed by atoms with van der Waals surface area (Å²) in [7, 11) is 0. The van der Waals surface area contributed by atoms with Crippen LogP contribution in [0, 0.1) is 5.92 Å². The van der Waals surface area contributed by atoms with Crippen LogP contribution in [-0.4, -0.2) is 54.4 Å². The second kappa shape index (κ2) is 8.48. The van der Waals surface area contributed by atoms with E-state index in [-0.39, 0.29) is 6.04 Å². The maximum absolute atomic E-state index is 10.2. The number of piperidine rings is 1. The zero-order valence-corrected chi connectivity index (χ0v) is 15.0. The van der Waals surface area contributed by atoms with E-state index in [1.807, 2.05) is 12.1 Å². The highest BCUT2D eigenvalue weighted by Gasteiger charge is 2.29. The number of furan rings is 1. The third-order valence-corrected chi connectivity index (χ3v) is 5.42. The molecule has 2 saturated heterocycles. The van der Waals surface area contributed by atoms with Crippen molar-refractivity contribution in [2.75, 3.05) is 26.2 Å². The van der Waals surface area contributed by atoms with Crippen molar-refractivity contribution in [1.82, 2.24) is 10.2 Å². The molecule has 2 N–H and O–H groups in total. The summed E-state index contributed by atoms with van der Waals surface area (Å²) in [6.45, 7) is 8.77. The Morgan fingerprint density at radius 1 is 1.42 bits per heavy atom. The monoisotopic (exact) mass is 336 g/mol. The second-order valence-electron chi connectivity index (χ2n) is 7.60. The molecule has 2 fully saturated rings. The van der Waals surface area contributed by atoms with Gasteiger partial charge in [-0.05, 0) is 57.2 Å². The number of aliphatic hydroxyl groups excluding tert-OH is 1. The van der Waals surface area contributed by atoms with E-state index in [1.54, 1.807) is 6.26 Å². The summed E-state index contributed by atoms with van der Waals surface area (Å²) in [6.07, 6.45) is 5.80. The van der Waals surface area contributed by atoms with Gasteiger partial charge in [0.05, 0.1) is 12.4 Å². The van der Waals surface area contributed by atoms with E-state index in [0.29, 0.717) is 30.2 Å². The lowest BCUT2D eigenvalue weighted by atomic mass is 9.92. The molecule has 0 saturated carbocycles. The van der Waals surface area contributed by atoms with E-state index in [0.717, 1.165) is 32.7 Å². The topological polar surface area (TPSA) is 57.9 Å². The van der Waals surface area contributed by atoms with E-state index in [2.05, 4.69) is 24.1 Å². The maximum Gasteiger partial charge on any atom is 0.132 e. The minimum atomic E-state index is -0.530. The molecular weight excluding hydrogens is 304 g/mol. The summed E-state index contributed by atoms with van der Waals surface area (Å²) in [6, 6.07) is 4.44. The Kier molecular flexibility index (Phi) is 6.33. The molecule has 0 aromatic carbocycles. The first-order valence-electron chi connectivity index (χ1n) is 9.43. The molecule has 0 radical (unpaired) electrons. The number of likely N-dealkylation sites (tertiary alicyclic amines) is 1. The number of ether oxygens (including phenoxy) is 1. The molecule has 24 heavy (non-hydrogen) atoms. The van der Waals surface area contributed by atoms with Gasteiger partial charge in [0.1, 0.15) is 11.9 Å². The summed E-state index contributed by atoms with van der Waals surface area (Å²) in [5.74, 6) is 1.27. The zero-order chi connectivity index (χ0) is 16.9. The molecule has 0 spiro atoms. The van der Waals surface area contributed by atoms with E-state index in [4.69, 9.17) is 9.15 Å². The van der Waals surface area contributed by atoms with E-state index in [9.17, 15) is 5.11 Å². The molecule has 5 nitrogen and oxygen atoms in total. The van der Waals surface area contributed by atoms with Gasteiger partial charge in [-0.3, -0.25) is 0 Å². The maximum atomic E-state index is 10.2. The van der Waals surface area contributed by atoms with Gasteiger partial charge in [0.2, 0.25) is 0 Å². The summed E-state index contributed by atoms with van der Waals surface area (Å²) in [4.78, 5) is 2.56. The van der Waals surface area contributed by atoms with Crippen LogP contribution in [0.15, 0.2) is 22.8 Å². The Hall–Kier alpha value is -0.880. The molecule has 0 bridgehead atoms. The fraction of sp³-hybridized carbons (Fsp3) is 0.789. The minimum absolute atomic E-state index is 0.266. The van der Waals surface area contributed by atoms with E-state index >= 15 is 0 Å². The van der Waals surface area contributed by atoms with Gasteiger partial charge in [-0.25, -0.2) is 0 Å². The first-order chi connectivity index (χ1) is 11.6. The predicted octanol–water partition coefficient (Wildman–Crippen LogP) is 2.57. The average Bonchev–Trinajstić information content (AvgIpc) is 3.23. The highest BCUT2D eigenvalue weighted by Crippen LogP contribution is 2.23. The van der Waals surface area contributed by atoms with Crippen LogP contribution in [0.1, 0.15) is 51.4 Å². The Bertz CT molecular complexity index is 473. The Morgan fingerprint density at radius 2 is 2.29 bits per heavy atom. The summed E-state index contributed by atoms with van der Waals surface area (Å²) in [5, 5.41) is 13.9. The van der Waals surface area contributed by atoms with Gasteiger partial charge in [0, 0.05) is 31.8 Å². The number of nitrogens with one attached hydrogen (secondary N) is 1. The molecule has 0 aliphatic carbocycles. The highest BCUT2D eigenvalue weighted by atomic mass is 16.5. The molecule has 5 atom stereocenters. The van der Waals surface area contributed by atoms with Gasteiger partial charge in [-0.15, -0.1) is 0 Å². The van der Waals surface area contributed by atoms with Crippen molar-refractivity contribution >= 4 is 0 Å². The van der Waals surface area contributed by atoms with Crippen LogP contribution < -0.4 is 5.32 Å². The number of rotatable bonds is 7. The molecular formula is C19H32N2O3. The van der Waals surface area contributed by atoms with E-state index < -0.39 is 6.10 Å². The number of hydrogen-bond acceptors (Lipinski definition) is 5. The molecule has 2 aliphatic rings. The van der Waals surface area contributed by atoms with Crippen LogP contribution >= 0.6 is 0 Å². The third-order valence-electron chi connectivity index (χ3n) is 5.42. The van der Waals surface area contributed by atoms with Crippen LogP contribution in [-0.2, 0) is 4.74 Å². The number of aliphatic hydroxyl groups is 1. The van der Waals surface area contributed by atoms with Gasteiger partial charge in [0.15, 0.2) is 0 Å². The first kappa shape index (κ1) is 17.9. The standard InChI is InChI=1S/C19H32N2O3/c1-14-12-21(13-16-5-3-9-23-16)8-7-17(14)20-15(2)11-18(22)19-6-4-10-24-19/h4,6,10,14-18,20,22H,3,5,7-9,11-13H2,1-2H3. The van der Waals surface area contributed by atoms with Crippen molar-refractivity contribution in [2.24, 2.45) is 5.92 Å². The molecule has 1 aromatic heterocycles. The van der Waals surface area contributed by atoms with Crippen LogP contribution in [0.25, 0.3) is 0 Å². The van der Waals surface area contributed by atoms with Crippen molar-refractivity contribution < 1.29 is 14.3 Å². The molecule has 2 aliphatic heterocycles. The van der Waals surface area contributed by atoms with Crippen LogP contribution in [0.5, 0.6) is 0 Å². The van der Waals surface area contributed by atoms with Gasteiger partial charge < -0.3 is 24.5 Å². The van der Waals surface area contributed by atoms with Crippen molar-refractivity contribution in [2.45, 2.75) is 63.8 Å². The number of nitrogens with zero attached hydrogens (tertiary/aromatic N) is 1. The summed E-state index contributed by atoms with van der Waals surface area (Å²) in [5.41, 5.74) is 0. The lowest BCUT2D eigenvalue weighted by Crippen LogP contribution is -2.52. The van der Waals surface area contributed by atoms with Gasteiger partial charge in [-0.1, -0.05) is 6.92 Å². The van der Waals surface area contributed by atoms with Crippen molar-refractivity contribution in [3.63, 3.8) is 0 Å². The number of hydrogen-bond donors (Lipinski definition) is 2. The Morgan fingerprint density at radius 3 is 2.96 bits per heavy atom. The van der Waals surface area contributed by atoms with Crippen molar-refractivity contribution in [3.05, 3.63) is 24.2 Å². The Labute approximate surface area is 145 Å². The second-order valence-corrected chi connectivity index (χ2v) is 7.60. The van der Waals surface area contributed by atoms with E-state index in [1.165, 1.54) is 12.8 Å². The normalized spacial score (nSPS) is 31.2. The smallest absolute Gasteiger partial charge is 0.132 e. The quantitative estimate of drug-likeness (QED) is 0.801. The molecule has 0 amide bonds. The lowest BCUT2D eigenvalue weighted by Gasteiger charge is -2.39. The Balaban J connectivity index is 1.41. The molecule has 1 aromatic rings. The van der Waals surface area contributed by atoms with Gasteiger partial charge in [-0.2, -0.15) is 0 Å². The van der Waals surface area contributed by atoms with Gasteiger partial charge in [0.25, 0.3) is 0 Å². The van der Waals surface area contributed by atoms with Crippen LogP contribution in [0.2, 0.25) is 0 Å². The third kappa shape index (κ3) is 4.82. The molecule has 3 heterocycles. The van der Waals surface area contributed by atoms with Crippen molar-refractivity contribution in [3.8, 4) is 0 Å². The van der Waals surface area contributed by atoms with Gasteiger partial charge >= 0.3 is 0 Å². The molecule has 5 unspecified atom stereocenters. The van der Waals surface area contributed by atoms with Crippen molar-refractivity contribution in [1.29, 1.82) is 0 Å². The summed E-state index contributed by atoms with van der Waals surface area (Å²) >= 11 is 0. The molecule has 5 heteroatoms. The zero-order valence-electron chi connectivity index (χ0n) is 15.0. The highest BCUT2D eigenvalue weighted by molar-refractivity contribution is 5.02. The van der Waals surface area contributed by atoms with Crippen LogP contribution in [0.4, 0.5) is 0 Å². The minimum Gasteiger partial charge on any atom is -0.467 e. The SMILES string of the molecule is CC(CC(O)c1ccco1)NC1CCN(CC2CCCO2)CC1C. The fourth-order valence-electron chi connectivity index (χ4n) is 4.09. The largest absolute Gasteiger partial charge is 0.467 e. The van der Waals surface area contributed by atoms with Crippen LogP contribution in [0.3, 0.4) is 0 Å². The first-order valence-corrected chi connectivity index (χ1v) is 9.43. The average molecular weight is 336 g/mol. The summed E-state index contributed by atoms with van der Waals surface area (Å²) < 4.78 is 11.1. The molecule has 3 rings (SSSR count). The molecule has 136 valence electrons. The predicted molar refractivity (Wildman–Crippen MR) is 93.9 cm³/mol.